The summed E-state index contributed by atoms with van der Waals surface area (Å²) < 4.78 is 0. The number of halogens is 1. The number of nitrogens with zero attached hydrogens (tertiary/aromatic N) is 1. The van der Waals surface area contributed by atoms with Crippen LogP contribution in [0.3, 0.4) is 0 Å². The van der Waals surface area contributed by atoms with Gasteiger partial charge in [-0.1, -0.05) is 17.7 Å². The van der Waals surface area contributed by atoms with E-state index >= 15 is 0 Å². The molecule has 1 heterocycles. The van der Waals surface area contributed by atoms with Gasteiger partial charge in [-0.3, -0.25) is 0 Å². The number of aryl methyl sites for hydroxylation is 2. The van der Waals surface area contributed by atoms with E-state index in [1.54, 1.807) is 12.3 Å². The van der Waals surface area contributed by atoms with Gasteiger partial charge in [-0.05, 0) is 43.2 Å². The van der Waals surface area contributed by atoms with Crippen LogP contribution in [0.1, 0.15) is 11.1 Å². The first kappa shape index (κ1) is 11.7. The average Bonchev–Trinajstić information content (AvgIpc) is 2.27. The molecule has 0 amide bonds. The van der Waals surface area contributed by atoms with Gasteiger partial charge >= 0.3 is 0 Å². The second kappa shape index (κ2) is 4.63. The Morgan fingerprint density at radius 1 is 1.18 bits per heavy atom. The van der Waals surface area contributed by atoms with Crippen molar-refractivity contribution in [3.05, 3.63) is 46.6 Å². The van der Waals surface area contributed by atoms with Crippen LogP contribution >= 0.6 is 11.6 Å². The lowest BCUT2D eigenvalue weighted by atomic mass is 10.1. The van der Waals surface area contributed by atoms with Gasteiger partial charge in [0.2, 0.25) is 0 Å². The van der Waals surface area contributed by atoms with Crippen molar-refractivity contribution in [2.75, 3.05) is 11.1 Å². The minimum atomic E-state index is 0.535. The van der Waals surface area contributed by atoms with Crippen LogP contribution in [0.25, 0.3) is 0 Å². The van der Waals surface area contributed by atoms with Crippen molar-refractivity contribution in [1.29, 1.82) is 0 Å². The molecule has 17 heavy (non-hydrogen) atoms. The third-order valence-corrected chi connectivity index (χ3v) is 2.86. The Morgan fingerprint density at radius 2 is 1.94 bits per heavy atom. The fourth-order valence-electron chi connectivity index (χ4n) is 1.52. The Morgan fingerprint density at radius 3 is 2.59 bits per heavy atom. The van der Waals surface area contributed by atoms with E-state index in [2.05, 4.69) is 36.3 Å². The highest BCUT2D eigenvalue weighted by Gasteiger charge is 2.03. The lowest BCUT2D eigenvalue weighted by Crippen LogP contribution is -1.99. The number of nitrogens with one attached hydrogen (secondary N) is 1. The maximum atomic E-state index is 5.83. The molecular formula is C13H14ClN3. The number of benzene rings is 1. The standard InChI is InChI=1S/C13H14ClN3/c1-8-3-4-11(5-9(8)2)17-13-12(15)6-10(14)7-16-13/h3-7H,15H2,1-2H3,(H,16,17). The van der Waals surface area contributed by atoms with Crippen LogP contribution in [0, 0.1) is 13.8 Å². The topological polar surface area (TPSA) is 50.9 Å². The van der Waals surface area contributed by atoms with Gasteiger partial charge in [0.1, 0.15) is 0 Å². The smallest absolute Gasteiger partial charge is 0.153 e. The van der Waals surface area contributed by atoms with Crippen molar-refractivity contribution < 1.29 is 0 Å². The lowest BCUT2D eigenvalue weighted by Gasteiger charge is -2.10. The molecule has 88 valence electrons. The molecule has 3 nitrogen and oxygen atoms in total. The molecule has 2 rings (SSSR count). The number of nitrogens with two attached hydrogens (primary N) is 1. The Hall–Kier alpha value is -1.74. The summed E-state index contributed by atoms with van der Waals surface area (Å²) in [5.74, 6) is 0.623. The number of pyridine rings is 1. The first-order chi connectivity index (χ1) is 8.06. The molecule has 0 saturated carbocycles. The number of hydrogen-bond acceptors (Lipinski definition) is 3. The van der Waals surface area contributed by atoms with Gasteiger partial charge in [0, 0.05) is 11.9 Å². The van der Waals surface area contributed by atoms with Crippen molar-refractivity contribution in [2.45, 2.75) is 13.8 Å². The van der Waals surface area contributed by atoms with Crippen LogP contribution in [0.2, 0.25) is 5.02 Å². The monoisotopic (exact) mass is 247 g/mol. The van der Waals surface area contributed by atoms with E-state index in [1.165, 1.54) is 11.1 Å². The molecule has 2 aromatic rings. The number of rotatable bonds is 2. The van der Waals surface area contributed by atoms with Crippen LogP contribution < -0.4 is 11.1 Å². The van der Waals surface area contributed by atoms with E-state index in [0.717, 1.165) is 5.69 Å². The third kappa shape index (κ3) is 2.68. The Kier molecular flexibility index (Phi) is 3.20. The van der Waals surface area contributed by atoms with E-state index < -0.39 is 0 Å². The minimum Gasteiger partial charge on any atom is -0.396 e. The van der Waals surface area contributed by atoms with Gasteiger partial charge in [0.25, 0.3) is 0 Å². The van der Waals surface area contributed by atoms with Gasteiger partial charge in [-0.2, -0.15) is 0 Å². The van der Waals surface area contributed by atoms with Crippen molar-refractivity contribution in [1.82, 2.24) is 4.98 Å². The number of anilines is 3. The molecule has 0 atom stereocenters. The van der Waals surface area contributed by atoms with Gasteiger partial charge in [0.15, 0.2) is 5.82 Å². The maximum Gasteiger partial charge on any atom is 0.153 e. The highest BCUT2D eigenvalue weighted by atomic mass is 35.5. The summed E-state index contributed by atoms with van der Waals surface area (Å²) in [6.45, 7) is 4.15. The van der Waals surface area contributed by atoms with Crippen molar-refractivity contribution >= 4 is 28.8 Å². The molecular weight excluding hydrogens is 234 g/mol. The Balaban J connectivity index is 2.28. The quantitative estimate of drug-likeness (QED) is 0.851. The molecule has 0 aliphatic heterocycles. The summed E-state index contributed by atoms with van der Waals surface area (Å²) in [6.07, 6.45) is 1.57. The van der Waals surface area contributed by atoms with Crippen LogP contribution in [0.4, 0.5) is 17.2 Å². The summed E-state index contributed by atoms with van der Waals surface area (Å²) in [4.78, 5) is 4.16. The lowest BCUT2D eigenvalue weighted by molar-refractivity contribution is 1.29. The van der Waals surface area contributed by atoms with Crippen molar-refractivity contribution in [3.63, 3.8) is 0 Å². The summed E-state index contributed by atoms with van der Waals surface area (Å²) >= 11 is 5.80. The van der Waals surface area contributed by atoms with Crippen molar-refractivity contribution in [3.8, 4) is 0 Å². The van der Waals surface area contributed by atoms with E-state index in [4.69, 9.17) is 17.3 Å². The zero-order valence-corrected chi connectivity index (χ0v) is 10.5. The van der Waals surface area contributed by atoms with E-state index in [1.807, 2.05) is 6.07 Å². The highest BCUT2D eigenvalue weighted by molar-refractivity contribution is 6.30. The Bertz CT molecular complexity index is 552. The van der Waals surface area contributed by atoms with Crippen LogP contribution in [0.15, 0.2) is 30.5 Å². The van der Waals surface area contributed by atoms with Gasteiger partial charge in [-0.15, -0.1) is 0 Å². The first-order valence-corrected chi connectivity index (χ1v) is 5.69. The Labute approximate surface area is 106 Å². The number of hydrogen-bond donors (Lipinski definition) is 2. The van der Waals surface area contributed by atoms with Crippen LogP contribution in [0.5, 0.6) is 0 Å². The first-order valence-electron chi connectivity index (χ1n) is 5.31. The zero-order chi connectivity index (χ0) is 12.4. The minimum absolute atomic E-state index is 0.535. The largest absolute Gasteiger partial charge is 0.396 e. The van der Waals surface area contributed by atoms with Gasteiger partial charge in [-0.25, -0.2) is 4.98 Å². The van der Waals surface area contributed by atoms with Gasteiger partial charge < -0.3 is 11.1 Å². The molecule has 0 aliphatic rings. The zero-order valence-electron chi connectivity index (χ0n) is 9.79. The maximum absolute atomic E-state index is 5.83. The molecule has 0 unspecified atom stereocenters. The molecule has 0 bridgehead atoms. The molecule has 0 radical (unpaired) electrons. The molecule has 0 spiro atoms. The van der Waals surface area contributed by atoms with E-state index in [-0.39, 0.29) is 0 Å². The molecule has 3 N–H and O–H groups in total. The average molecular weight is 248 g/mol. The SMILES string of the molecule is Cc1ccc(Nc2ncc(Cl)cc2N)cc1C. The molecule has 0 fully saturated rings. The summed E-state index contributed by atoms with van der Waals surface area (Å²) in [5.41, 5.74) is 9.81. The van der Waals surface area contributed by atoms with Gasteiger partial charge in [0.05, 0.1) is 10.7 Å². The summed E-state index contributed by atoms with van der Waals surface area (Å²) in [5, 5.41) is 3.71. The van der Waals surface area contributed by atoms with Crippen LogP contribution in [-0.2, 0) is 0 Å². The molecule has 4 heteroatoms. The molecule has 0 aliphatic carbocycles. The fourth-order valence-corrected chi connectivity index (χ4v) is 1.68. The fraction of sp³-hybridized carbons (Fsp3) is 0.154. The summed E-state index contributed by atoms with van der Waals surface area (Å²) in [6, 6.07) is 7.80. The van der Waals surface area contributed by atoms with E-state index in [0.29, 0.717) is 16.5 Å². The van der Waals surface area contributed by atoms with Crippen molar-refractivity contribution in [2.24, 2.45) is 0 Å². The summed E-state index contributed by atoms with van der Waals surface area (Å²) in [7, 11) is 0. The molecule has 1 aromatic heterocycles. The third-order valence-electron chi connectivity index (χ3n) is 2.65. The predicted octanol–water partition coefficient (Wildman–Crippen LogP) is 3.68. The number of aromatic nitrogens is 1. The van der Waals surface area contributed by atoms with E-state index in [9.17, 15) is 0 Å². The predicted molar refractivity (Wildman–Crippen MR) is 72.9 cm³/mol. The number of nitrogen functional groups attached to an aromatic ring is 1. The molecule has 1 aromatic carbocycles. The highest BCUT2D eigenvalue weighted by Crippen LogP contribution is 2.24. The normalized spacial score (nSPS) is 10.3. The second-order valence-corrected chi connectivity index (χ2v) is 4.45. The van der Waals surface area contributed by atoms with Crippen LogP contribution in [-0.4, -0.2) is 4.98 Å². The second-order valence-electron chi connectivity index (χ2n) is 4.02. The molecule has 0 saturated heterocycles.